The Balaban J connectivity index is 1.83. The molecule has 2 aromatic rings. The first-order valence-corrected chi connectivity index (χ1v) is 9.64. The summed E-state index contributed by atoms with van der Waals surface area (Å²) in [6.07, 6.45) is 1.09. The average molecular weight is 411 g/mol. The lowest BCUT2D eigenvalue weighted by molar-refractivity contribution is -0.118. The van der Waals surface area contributed by atoms with Crippen molar-refractivity contribution in [3.8, 4) is 0 Å². The van der Waals surface area contributed by atoms with Crippen LogP contribution >= 0.6 is 23.4 Å². The number of anilines is 2. The highest BCUT2D eigenvalue weighted by atomic mass is 35.5. The lowest BCUT2D eigenvalue weighted by Gasteiger charge is -2.16. The fraction of sp³-hybridized carbons (Fsp3) is 0.263. The van der Waals surface area contributed by atoms with Crippen molar-refractivity contribution in [2.75, 3.05) is 16.8 Å². The maximum Gasteiger partial charge on any atom is 0.289 e. The van der Waals surface area contributed by atoms with Gasteiger partial charge in [0.15, 0.2) is 0 Å². The molecule has 2 aromatic carbocycles. The minimum Gasteiger partial charge on any atom is -0.321 e. The zero-order valence-corrected chi connectivity index (χ0v) is 16.0. The van der Waals surface area contributed by atoms with Crippen LogP contribution < -0.4 is 10.2 Å². The van der Waals surface area contributed by atoms with E-state index >= 15 is 0 Å². The number of nitrogens with zero attached hydrogens (tertiary/aromatic N) is 1. The number of benzene rings is 2. The standard InChI is InChI=1S/C19H17ClF2N2O2S/c1-2-16(25)24-9-8-11-10-12(6-7-15(11)24)18(26)23-14-5-3-4-13(20)17(14)27-19(21)22/h3-7,10,19H,2,8-9H2,1H3,(H,23,26). The molecule has 8 heteroatoms. The third-order valence-corrected chi connectivity index (χ3v) is 5.54. The number of alkyl halides is 2. The first-order chi connectivity index (χ1) is 12.9. The molecule has 142 valence electrons. The fourth-order valence-electron chi connectivity index (χ4n) is 3.00. The summed E-state index contributed by atoms with van der Waals surface area (Å²) in [5.74, 6) is -3.03. The maximum atomic E-state index is 12.8. The molecule has 0 unspecified atom stereocenters. The van der Waals surface area contributed by atoms with Gasteiger partial charge in [0.2, 0.25) is 5.91 Å². The highest BCUT2D eigenvalue weighted by Crippen LogP contribution is 2.38. The number of hydrogen-bond donors (Lipinski definition) is 1. The molecule has 4 nitrogen and oxygen atoms in total. The van der Waals surface area contributed by atoms with Gasteiger partial charge in [0, 0.05) is 24.2 Å². The number of carbonyl (C=O) groups excluding carboxylic acids is 2. The number of rotatable bonds is 5. The summed E-state index contributed by atoms with van der Waals surface area (Å²) in [5.41, 5.74) is 2.36. The Hall–Kier alpha value is -2.12. The van der Waals surface area contributed by atoms with Gasteiger partial charge in [-0.2, -0.15) is 8.78 Å². The van der Waals surface area contributed by atoms with Gasteiger partial charge >= 0.3 is 0 Å². The largest absolute Gasteiger partial charge is 0.321 e. The van der Waals surface area contributed by atoms with E-state index < -0.39 is 11.7 Å². The molecular weight excluding hydrogens is 394 g/mol. The van der Waals surface area contributed by atoms with Crippen LogP contribution in [-0.2, 0) is 11.2 Å². The summed E-state index contributed by atoms with van der Waals surface area (Å²) >= 11 is 6.29. The lowest BCUT2D eigenvalue weighted by atomic mass is 10.1. The number of carbonyl (C=O) groups is 2. The number of halogens is 3. The summed E-state index contributed by atoms with van der Waals surface area (Å²) < 4.78 is 25.6. The molecule has 1 N–H and O–H groups in total. The molecule has 0 bridgehead atoms. The summed E-state index contributed by atoms with van der Waals surface area (Å²) in [4.78, 5) is 26.4. The fourth-order valence-corrected chi connectivity index (χ4v) is 3.92. The lowest BCUT2D eigenvalue weighted by Crippen LogP contribution is -2.27. The molecule has 27 heavy (non-hydrogen) atoms. The van der Waals surface area contributed by atoms with Crippen molar-refractivity contribution in [1.29, 1.82) is 0 Å². The normalized spacial score (nSPS) is 13.0. The van der Waals surface area contributed by atoms with Gasteiger partial charge in [0.25, 0.3) is 11.7 Å². The second kappa shape index (κ2) is 8.27. The van der Waals surface area contributed by atoms with E-state index in [0.29, 0.717) is 36.7 Å². The molecule has 0 spiro atoms. The van der Waals surface area contributed by atoms with Crippen LogP contribution in [0.2, 0.25) is 5.02 Å². The van der Waals surface area contributed by atoms with Crippen LogP contribution in [0.1, 0.15) is 29.3 Å². The van der Waals surface area contributed by atoms with Gasteiger partial charge in [0.05, 0.1) is 15.6 Å². The van der Waals surface area contributed by atoms with Gasteiger partial charge in [0.1, 0.15) is 0 Å². The van der Waals surface area contributed by atoms with Crippen LogP contribution in [0.15, 0.2) is 41.3 Å². The molecule has 0 fully saturated rings. The van der Waals surface area contributed by atoms with Crippen LogP contribution in [0.3, 0.4) is 0 Å². The molecule has 1 aliphatic heterocycles. The Bertz CT molecular complexity index is 892. The highest BCUT2D eigenvalue weighted by molar-refractivity contribution is 7.99. The molecule has 0 atom stereocenters. The topological polar surface area (TPSA) is 49.4 Å². The van der Waals surface area contributed by atoms with Crippen LogP contribution in [0.25, 0.3) is 0 Å². The molecule has 3 rings (SSSR count). The van der Waals surface area contributed by atoms with Gasteiger partial charge in [-0.1, -0.05) is 36.4 Å². The van der Waals surface area contributed by atoms with Crippen molar-refractivity contribution in [2.24, 2.45) is 0 Å². The molecule has 0 saturated carbocycles. The van der Waals surface area contributed by atoms with Crippen LogP contribution in [0.5, 0.6) is 0 Å². The SMILES string of the molecule is CCC(=O)N1CCc2cc(C(=O)Nc3cccc(Cl)c3SC(F)F)ccc21. The van der Waals surface area contributed by atoms with E-state index in [2.05, 4.69) is 5.32 Å². The van der Waals surface area contributed by atoms with Gasteiger partial charge in [-0.05, 0) is 42.3 Å². The molecule has 1 aliphatic rings. The van der Waals surface area contributed by atoms with E-state index in [9.17, 15) is 18.4 Å². The number of nitrogens with one attached hydrogen (secondary N) is 1. The second-order valence-electron chi connectivity index (χ2n) is 5.94. The van der Waals surface area contributed by atoms with E-state index in [1.165, 1.54) is 12.1 Å². The van der Waals surface area contributed by atoms with Gasteiger partial charge < -0.3 is 10.2 Å². The van der Waals surface area contributed by atoms with E-state index in [0.717, 1.165) is 11.3 Å². The monoisotopic (exact) mass is 410 g/mol. The third kappa shape index (κ3) is 4.25. The smallest absolute Gasteiger partial charge is 0.289 e. The first-order valence-electron chi connectivity index (χ1n) is 8.38. The van der Waals surface area contributed by atoms with E-state index in [1.807, 2.05) is 6.92 Å². The van der Waals surface area contributed by atoms with Crippen LogP contribution in [0, 0.1) is 0 Å². The van der Waals surface area contributed by atoms with Gasteiger partial charge in [-0.25, -0.2) is 0 Å². The van der Waals surface area contributed by atoms with E-state index in [1.54, 1.807) is 29.2 Å². The molecule has 0 aliphatic carbocycles. The summed E-state index contributed by atoms with van der Waals surface area (Å²) in [6, 6.07) is 9.72. The highest BCUT2D eigenvalue weighted by Gasteiger charge is 2.24. The predicted octanol–water partition coefficient (Wildman–Crippen LogP) is 5.21. The minimum atomic E-state index is -2.65. The Morgan fingerprint density at radius 2 is 2.07 bits per heavy atom. The molecule has 0 radical (unpaired) electrons. The molecule has 0 saturated heterocycles. The number of amides is 2. The summed E-state index contributed by atoms with van der Waals surface area (Å²) in [5, 5.41) is 2.80. The van der Waals surface area contributed by atoms with Gasteiger partial charge in [-0.15, -0.1) is 0 Å². The molecular formula is C19H17ClF2N2O2S. The zero-order chi connectivity index (χ0) is 19.6. The zero-order valence-electron chi connectivity index (χ0n) is 14.5. The first kappa shape index (κ1) is 19.6. The summed E-state index contributed by atoms with van der Waals surface area (Å²) in [7, 11) is 0. The molecule has 0 aromatic heterocycles. The number of hydrogen-bond acceptors (Lipinski definition) is 3. The number of thioether (sulfide) groups is 1. The van der Waals surface area contributed by atoms with Crippen molar-refractivity contribution in [1.82, 2.24) is 0 Å². The number of fused-ring (bicyclic) bond motifs is 1. The predicted molar refractivity (Wildman–Crippen MR) is 104 cm³/mol. The van der Waals surface area contributed by atoms with Crippen molar-refractivity contribution in [3.63, 3.8) is 0 Å². The van der Waals surface area contributed by atoms with E-state index in [4.69, 9.17) is 11.6 Å². The Morgan fingerprint density at radius 1 is 1.30 bits per heavy atom. The minimum absolute atomic E-state index is 0.0403. The average Bonchev–Trinajstić information content (AvgIpc) is 3.06. The quantitative estimate of drug-likeness (QED) is 0.688. The third-order valence-electron chi connectivity index (χ3n) is 4.26. The van der Waals surface area contributed by atoms with Gasteiger partial charge in [-0.3, -0.25) is 9.59 Å². The summed E-state index contributed by atoms with van der Waals surface area (Å²) in [6.45, 7) is 2.40. The second-order valence-corrected chi connectivity index (χ2v) is 7.35. The Labute approximate surface area is 164 Å². The van der Waals surface area contributed by atoms with E-state index in [-0.39, 0.29) is 21.5 Å². The Morgan fingerprint density at radius 3 is 2.78 bits per heavy atom. The van der Waals surface area contributed by atoms with Crippen molar-refractivity contribution >= 4 is 46.6 Å². The maximum absolute atomic E-state index is 12.8. The van der Waals surface area contributed by atoms with Crippen molar-refractivity contribution in [2.45, 2.75) is 30.4 Å². The van der Waals surface area contributed by atoms with Crippen molar-refractivity contribution in [3.05, 3.63) is 52.5 Å². The molecule has 1 heterocycles. The Kier molecular flexibility index (Phi) is 6.01. The van der Waals surface area contributed by atoms with Crippen LogP contribution in [-0.4, -0.2) is 24.1 Å². The van der Waals surface area contributed by atoms with Crippen LogP contribution in [0.4, 0.5) is 20.2 Å². The van der Waals surface area contributed by atoms with Crippen molar-refractivity contribution < 1.29 is 18.4 Å². The molecule has 2 amide bonds.